The highest BCUT2D eigenvalue weighted by atomic mass is 35.5. The number of ether oxygens (including phenoxy) is 1. The second-order valence-electron chi connectivity index (χ2n) is 2.99. The molecule has 0 aliphatic rings. The van der Waals surface area contributed by atoms with E-state index < -0.39 is 12.8 Å². The van der Waals surface area contributed by atoms with Gasteiger partial charge in [0.1, 0.15) is 0 Å². The lowest BCUT2D eigenvalue weighted by Crippen LogP contribution is -2.19. The van der Waals surface area contributed by atoms with E-state index in [4.69, 9.17) is 11.6 Å². The Hall–Kier alpha value is -0.970. The molecular weight excluding hydrogens is 231 g/mol. The van der Waals surface area contributed by atoms with Crippen molar-refractivity contribution in [3.63, 3.8) is 0 Å². The molecule has 0 amide bonds. The van der Waals surface area contributed by atoms with Gasteiger partial charge in [-0.2, -0.15) is 13.2 Å². The van der Waals surface area contributed by atoms with Crippen molar-refractivity contribution in [2.24, 2.45) is 0 Å². The molecule has 0 aromatic carbocycles. The smallest absolute Gasteiger partial charge is 0.422 e. The van der Waals surface area contributed by atoms with E-state index >= 15 is 0 Å². The third-order valence-corrected chi connectivity index (χ3v) is 2.01. The minimum absolute atomic E-state index is 0.0429. The van der Waals surface area contributed by atoms with Crippen LogP contribution < -0.4 is 4.74 Å². The Morgan fingerprint density at radius 2 is 2.13 bits per heavy atom. The molecular formula is C9H9ClF3NO. The van der Waals surface area contributed by atoms with Gasteiger partial charge < -0.3 is 4.74 Å². The summed E-state index contributed by atoms with van der Waals surface area (Å²) >= 11 is 5.57. The monoisotopic (exact) mass is 239 g/mol. The van der Waals surface area contributed by atoms with Gasteiger partial charge in [0.2, 0.25) is 5.88 Å². The van der Waals surface area contributed by atoms with E-state index in [2.05, 4.69) is 9.72 Å². The molecule has 0 aliphatic carbocycles. The molecule has 1 rings (SSSR count). The summed E-state index contributed by atoms with van der Waals surface area (Å²) in [6.07, 6.45) is -2.94. The van der Waals surface area contributed by atoms with Gasteiger partial charge >= 0.3 is 6.18 Å². The highest BCUT2D eigenvalue weighted by molar-refractivity contribution is 6.17. The predicted molar refractivity (Wildman–Crippen MR) is 50.1 cm³/mol. The molecule has 15 heavy (non-hydrogen) atoms. The summed E-state index contributed by atoms with van der Waals surface area (Å²) in [5.41, 5.74) is 1.54. The fourth-order valence-electron chi connectivity index (χ4n) is 0.933. The lowest BCUT2D eigenvalue weighted by molar-refractivity contribution is -0.154. The summed E-state index contributed by atoms with van der Waals surface area (Å²) in [5.74, 6) is 0.233. The number of aromatic nitrogens is 1. The third-order valence-electron chi connectivity index (χ3n) is 1.72. The SMILES string of the molecule is Cc1cc(OCC(F)(F)F)ncc1CCl. The van der Waals surface area contributed by atoms with Crippen LogP contribution in [0.5, 0.6) is 5.88 Å². The van der Waals surface area contributed by atoms with Crippen molar-refractivity contribution in [3.8, 4) is 5.88 Å². The first-order chi connectivity index (χ1) is 6.92. The van der Waals surface area contributed by atoms with Gasteiger partial charge in [0.05, 0.1) is 0 Å². The Balaban J connectivity index is 2.68. The first-order valence-corrected chi connectivity index (χ1v) is 4.67. The fraction of sp³-hybridized carbons (Fsp3) is 0.444. The Labute approximate surface area is 90.0 Å². The van der Waals surface area contributed by atoms with Crippen LogP contribution in [0.2, 0.25) is 0 Å². The van der Waals surface area contributed by atoms with E-state index in [1.54, 1.807) is 6.92 Å². The second-order valence-corrected chi connectivity index (χ2v) is 3.25. The predicted octanol–water partition coefficient (Wildman–Crippen LogP) is 3.07. The van der Waals surface area contributed by atoms with E-state index in [0.717, 1.165) is 11.1 Å². The number of alkyl halides is 4. The summed E-state index contributed by atoms with van der Waals surface area (Å²) in [6.45, 7) is 0.402. The number of rotatable bonds is 3. The average Bonchev–Trinajstić information content (AvgIpc) is 2.14. The first kappa shape index (κ1) is 12.1. The van der Waals surface area contributed by atoms with Crippen LogP contribution in [0.1, 0.15) is 11.1 Å². The van der Waals surface area contributed by atoms with Crippen molar-refractivity contribution < 1.29 is 17.9 Å². The Bertz CT molecular complexity index is 341. The minimum Gasteiger partial charge on any atom is -0.468 e. The van der Waals surface area contributed by atoms with E-state index in [-0.39, 0.29) is 11.8 Å². The van der Waals surface area contributed by atoms with Gasteiger partial charge in [-0.15, -0.1) is 11.6 Å². The highest BCUT2D eigenvalue weighted by Crippen LogP contribution is 2.19. The maximum atomic E-state index is 11.8. The molecule has 0 unspecified atom stereocenters. The summed E-state index contributed by atoms with van der Waals surface area (Å²) in [7, 11) is 0. The molecule has 0 atom stereocenters. The Kier molecular flexibility index (Phi) is 3.79. The molecule has 1 aromatic heterocycles. The molecule has 0 bridgehead atoms. The van der Waals surface area contributed by atoms with Gasteiger partial charge in [0.15, 0.2) is 6.61 Å². The number of halogens is 4. The van der Waals surface area contributed by atoms with Gasteiger partial charge in [0.25, 0.3) is 0 Å². The zero-order valence-corrected chi connectivity index (χ0v) is 8.69. The largest absolute Gasteiger partial charge is 0.468 e. The van der Waals surface area contributed by atoms with Crippen LogP contribution in [0.4, 0.5) is 13.2 Å². The van der Waals surface area contributed by atoms with Crippen LogP contribution in [0, 0.1) is 6.92 Å². The topological polar surface area (TPSA) is 22.1 Å². The molecule has 1 heterocycles. The van der Waals surface area contributed by atoms with Crippen LogP contribution in [0.25, 0.3) is 0 Å². The van der Waals surface area contributed by atoms with Crippen LogP contribution in [0.15, 0.2) is 12.3 Å². The number of hydrogen-bond donors (Lipinski definition) is 0. The van der Waals surface area contributed by atoms with Crippen LogP contribution >= 0.6 is 11.6 Å². The average molecular weight is 240 g/mol. The first-order valence-electron chi connectivity index (χ1n) is 4.13. The molecule has 0 N–H and O–H groups in total. The molecule has 0 aliphatic heterocycles. The van der Waals surface area contributed by atoms with Crippen molar-refractivity contribution in [3.05, 3.63) is 23.4 Å². The summed E-state index contributed by atoms with van der Waals surface area (Å²) < 4.78 is 39.9. The number of pyridine rings is 1. The van der Waals surface area contributed by atoms with Crippen molar-refractivity contribution in [2.75, 3.05) is 6.61 Å². The Morgan fingerprint density at radius 1 is 1.47 bits per heavy atom. The van der Waals surface area contributed by atoms with E-state index in [9.17, 15) is 13.2 Å². The molecule has 2 nitrogen and oxygen atoms in total. The van der Waals surface area contributed by atoms with Crippen LogP contribution in [-0.4, -0.2) is 17.8 Å². The van der Waals surface area contributed by atoms with Gasteiger partial charge in [-0.3, -0.25) is 0 Å². The lowest BCUT2D eigenvalue weighted by Gasteiger charge is -2.09. The van der Waals surface area contributed by atoms with Crippen molar-refractivity contribution in [1.29, 1.82) is 0 Å². The fourth-order valence-corrected chi connectivity index (χ4v) is 1.21. The molecule has 0 saturated heterocycles. The van der Waals surface area contributed by atoms with E-state index in [0.29, 0.717) is 0 Å². The molecule has 0 spiro atoms. The zero-order valence-electron chi connectivity index (χ0n) is 7.94. The van der Waals surface area contributed by atoms with Gasteiger partial charge in [-0.05, 0) is 18.1 Å². The second kappa shape index (κ2) is 4.70. The molecule has 0 radical (unpaired) electrons. The zero-order chi connectivity index (χ0) is 11.5. The molecule has 84 valence electrons. The number of nitrogens with zero attached hydrogens (tertiary/aromatic N) is 1. The number of aryl methyl sites for hydroxylation is 1. The highest BCUT2D eigenvalue weighted by Gasteiger charge is 2.28. The third kappa shape index (κ3) is 3.95. The Morgan fingerprint density at radius 3 is 2.60 bits per heavy atom. The summed E-state index contributed by atoms with van der Waals surface area (Å²) in [5, 5.41) is 0. The maximum absolute atomic E-state index is 11.8. The lowest BCUT2D eigenvalue weighted by atomic mass is 10.2. The quantitative estimate of drug-likeness (QED) is 0.757. The normalized spacial score (nSPS) is 11.5. The summed E-state index contributed by atoms with van der Waals surface area (Å²) in [4.78, 5) is 3.71. The van der Waals surface area contributed by atoms with Gasteiger partial charge in [-0.1, -0.05) is 0 Å². The van der Waals surface area contributed by atoms with Crippen molar-refractivity contribution in [2.45, 2.75) is 19.0 Å². The van der Waals surface area contributed by atoms with E-state index in [1.165, 1.54) is 12.3 Å². The molecule has 6 heteroatoms. The standard InChI is InChI=1S/C9H9ClF3NO/c1-6-2-8(14-4-7(6)3-10)15-5-9(11,12)13/h2,4H,3,5H2,1H3. The van der Waals surface area contributed by atoms with Crippen LogP contribution in [0.3, 0.4) is 0 Å². The minimum atomic E-state index is -4.35. The van der Waals surface area contributed by atoms with E-state index in [1.807, 2.05) is 0 Å². The van der Waals surface area contributed by atoms with Crippen molar-refractivity contribution >= 4 is 11.6 Å². The van der Waals surface area contributed by atoms with Gasteiger partial charge in [0, 0.05) is 18.1 Å². The summed E-state index contributed by atoms with van der Waals surface area (Å²) in [6, 6.07) is 1.43. The maximum Gasteiger partial charge on any atom is 0.422 e. The number of hydrogen-bond acceptors (Lipinski definition) is 2. The molecule has 0 saturated carbocycles. The van der Waals surface area contributed by atoms with Crippen molar-refractivity contribution in [1.82, 2.24) is 4.98 Å². The van der Waals surface area contributed by atoms with Crippen LogP contribution in [-0.2, 0) is 5.88 Å². The molecule has 0 fully saturated rings. The molecule has 1 aromatic rings. The van der Waals surface area contributed by atoms with Gasteiger partial charge in [-0.25, -0.2) is 4.98 Å².